The molecule has 128 valence electrons. The molecule has 4 nitrogen and oxygen atoms in total. The first-order chi connectivity index (χ1) is 12.2. The van der Waals surface area contributed by atoms with E-state index in [2.05, 4.69) is 10.2 Å². The van der Waals surface area contributed by atoms with Crippen LogP contribution in [0.3, 0.4) is 0 Å². The molecule has 1 saturated heterocycles. The molecule has 3 aromatic rings. The molecule has 1 aliphatic rings. The van der Waals surface area contributed by atoms with E-state index in [1.54, 1.807) is 18.2 Å². The molecule has 1 aromatic heterocycles. The van der Waals surface area contributed by atoms with Gasteiger partial charge in [-0.15, -0.1) is 10.2 Å². The van der Waals surface area contributed by atoms with Crippen molar-refractivity contribution in [2.45, 2.75) is 18.3 Å². The Balaban J connectivity index is 1.80. The van der Waals surface area contributed by atoms with Gasteiger partial charge in [0.1, 0.15) is 5.82 Å². The zero-order valence-electron chi connectivity index (χ0n) is 13.4. The van der Waals surface area contributed by atoms with Gasteiger partial charge < -0.3 is 9.15 Å². The van der Waals surface area contributed by atoms with Crippen LogP contribution in [-0.2, 0) is 10.2 Å². The van der Waals surface area contributed by atoms with E-state index in [4.69, 9.17) is 20.8 Å². The van der Waals surface area contributed by atoms with Gasteiger partial charge in [-0.2, -0.15) is 0 Å². The van der Waals surface area contributed by atoms with Crippen molar-refractivity contribution in [2.24, 2.45) is 0 Å². The smallest absolute Gasteiger partial charge is 0.250 e. The first kappa shape index (κ1) is 16.2. The van der Waals surface area contributed by atoms with Crippen LogP contribution >= 0.6 is 11.6 Å². The molecule has 0 unspecified atom stereocenters. The number of rotatable bonds is 3. The van der Waals surface area contributed by atoms with E-state index >= 15 is 0 Å². The van der Waals surface area contributed by atoms with E-state index in [9.17, 15) is 4.39 Å². The van der Waals surface area contributed by atoms with Gasteiger partial charge >= 0.3 is 0 Å². The summed E-state index contributed by atoms with van der Waals surface area (Å²) in [6.07, 6.45) is 1.40. The Kier molecular flexibility index (Phi) is 4.27. The molecule has 0 radical (unpaired) electrons. The number of halogens is 2. The van der Waals surface area contributed by atoms with Gasteiger partial charge in [-0.25, -0.2) is 4.39 Å². The van der Waals surface area contributed by atoms with E-state index in [0.717, 1.165) is 5.56 Å². The molecule has 6 heteroatoms. The fraction of sp³-hybridized carbons (Fsp3) is 0.263. The van der Waals surface area contributed by atoms with Crippen LogP contribution in [0.15, 0.2) is 52.9 Å². The fourth-order valence-corrected chi connectivity index (χ4v) is 3.48. The highest BCUT2D eigenvalue weighted by molar-refractivity contribution is 6.30. The number of aromatic nitrogens is 2. The molecule has 0 spiro atoms. The Bertz CT molecular complexity index is 890. The summed E-state index contributed by atoms with van der Waals surface area (Å²) in [5, 5.41) is 8.99. The minimum Gasteiger partial charge on any atom is -0.420 e. The summed E-state index contributed by atoms with van der Waals surface area (Å²) in [7, 11) is 0. The average molecular weight is 359 g/mol. The van der Waals surface area contributed by atoms with Gasteiger partial charge in [0.05, 0.1) is 11.0 Å². The van der Waals surface area contributed by atoms with Gasteiger partial charge in [-0.1, -0.05) is 35.9 Å². The summed E-state index contributed by atoms with van der Waals surface area (Å²) in [6, 6.07) is 14.0. The van der Waals surface area contributed by atoms with Crippen molar-refractivity contribution in [1.29, 1.82) is 0 Å². The molecule has 0 amide bonds. The second-order valence-electron chi connectivity index (χ2n) is 6.10. The lowest BCUT2D eigenvalue weighted by molar-refractivity contribution is 0.0546. The molecule has 2 heterocycles. The molecular weight excluding hydrogens is 343 g/mol. The molecule has 1 aliphatic heterocycles. The lowest BCUT2D eigenvalue weighted by Crippen LogP contribution is -2.35. The number of hydrogen-bond acceptors (Lipinski definition) is 4. The summed E-state index contributed by atoms with van der Waals surface area (Å²) in [6.45, 7) is 1.17. The first-order valence-corrected chi connectivity index (χ1v) is 8.49. The molecule has 1 fully saturated rings. The predicted molar refractivity (Wildman–Crippen MR) is 92.0 cm³/mol. The standard InChI is InChI=1S/C19H16ClFN2O2/c20-14-5-3-4-13(12-14)19(8-10-24-11-9-19)18-23-22-17(25-18)15-6-1-2-7-16(15)21/h1-7,12H,8-11H2. The van der Waals surface area contributed by atoms with Crippen molar-refractivity contribution in [3.63, 3.8) is 0 Å². The van der Waals surface area contributed by atoms with Crippen molar-refractivity contribution >= 4 is 11.6 Å². The topological polar surface area (TPSA) is 48.2 Å². The van der Waals surface area contributed by atoms with Crippen LogP contribution in [0.5, 0.6) is 0 Å². The average Bonchev–Trinajstić information content (AvgIpc) is 3.13. The van der Waals surface area contributed by atoms with Gasteiger partial charge in [0.2, 0.25) is 5.89 Å². The van der Waals surface area contributed by atoms with E-state index in [-0.39, 0.29) is 11.7 Å². The third-order valence-corrected chi connectivity index (χ3v) is 4.90. The number of ether oxygens (including phenoxy) is 1. The largest absolute Gasteiger partial charge is 0.420 e. The Morgan fingerprint density at radius 2 is 1.80 bits per heavy atom. The SMILES string of the molecule is Fc1ccccc1-c1nnc(C2(c3cccc(Cl)c3)CCOCC2)o1. The van der Waals surface area contributed by atoms with Crippen molar-refractivity contribution in [3.05, 3.63) is 70.8 Å². The van der Waals surface area contributed by atoms with Crippen LogP contribution in [0, 0.1) is 5.82 Å². The molecule has 2 aromatic carbocycles. The van der Waals surface area contributed by atoms with E-state index in [1.807, 2.05) is 24.3 Å². The van der Waals surface area contributed by atoms with Crippen LogP contribution in [0.1, 0.15) is 24.3 Å². The van der Waals surface area contributed by atoms with E-state index in [1.165, 1.54) is 6.07 Å². The highest BCUT2D eigenvalue weighted by Gasteiger charge is 2.41. The Hall–Kier alpha value is -2.24. The van der Waals surface area contributed by atoms with Gasteiger partial charge in [-0.05, 0) is 42.7 Å². The lowest BCUT2D eigenvalue weighted by atomic mass is 9.74. The van der Waals surface area contributed by atoms with Crippen molar-refractivity contribution < 1.29 is 13.5 Å². The Morgan fingerprint density at radius 1 is 1.00 bits per heavy atom. The fourth-order valence-electron chi connectivity index (χ4n) is 3.29. The van der Waals surface area contributed by atoms with Crippen LogP contribution < -0.4 is 0 Å². The predicted octanol–water partition coefficient (Wildman–Crippen LogP) is 4.63. The molecule has 0 atom stereocenters. The summed E-state index contributed by atoms with van der Waals surface area (Å²) < 4.78 is 25.5. The summed E-state index contributed by atoms with van der Waals surface area (Å²) >= 11 is 6.19. The molecule has 25 heavy (non-hydrogen) atoms. The van der Waals surface area contributed by atoms with Crippen molar-refractivity contribution in [3.8, 4) is 11.5 Å². The lowest BCUT2D eigenvalue weighted by Gasteiger charge is -2.34. The monoisotopic (exact) mass is 358 g/mol. The second-order valence-corrected chi connectivity index (χ2v) is 6.53. The normalized spacial score (nSPS) is 16.7. The number of nitrogens with zero attached hydrogens (tertiary/aromatic N) is 2. The Morgan fingerprint density at radius 3 is 2.56 bits per heavy atom. The van der Waals surface area contributed by atoms with Gasteiger partial charge in [0.25, 0.3) is 5.89 Å². The number of hydrogen-bond donors (Lipinski definition) is 0. The zero-order chi connectivity index (χ0) is 17.3. The van der Waals surface area contributed by atoms with Gasteiger partial charge in [0, 0.05) is 18.2 Å². The third kappa shape index (κ3) is 2.94. The minimum atomic E-state index is -0.473. The zero-order valence-corrected chi connectivity index (χ0v) is 14.2. The quantitative estimate of drug-likeness (QED) is 0.685. The second kappa shape index (κ2) is 6.58. The Labute approximate surface area is 149 Å². The van der Waals surface area contributed by atoms with Gasteiger partial charge in [0.15, 0.2) is 0 Å². The van der Waals surface area contributed by atoms with E-state index in [0.29, 0.717) is 42.5 Å². The summed E-state index contributed by atoms with van der Waals surface area (Å²) in [5.74, 6) is 0.263. The third-order valence-electron chi connectivity index (χ3n) is 4.66. The minimum absolute atomic E-state index is 0.181. The van der Waals surface area contributed by atoms with Gasteiger partial charge in [-0.3, -0.25) is 0 Å². The van der Waals surface area contributed by atoms with Crippen molar-refractivity contribution in [2.75, 3.05) is 13.2 Å². The molecule has 0 saturated carbocycles. The summed E-state index contributed by atoms with van der Waals surface area (Å²) in [4.78, 5) is 0. The highest BCUT2D eigenvalue weighted by Crippen LogP contribution is 2.42. The van der Waals surface area contributed by atoms with Crippen LogP contribution in [0.2, 0.25) is 5.02 Å². The molecule has 0 aliphatic carbocycles. The highest BCUT2D eigenvalue weighted by atomic mass is 35.5. The first-order valence-electron chi connectivity index (χ1n) is 8.12. The summed E-state index contributed by atoms with van der Waals surface area (Å²) in [5.41, 5.74) is 0.834. The van der Waals surface area contributed by atoms with Crippen LogP contribution in [-0.4, -0.2) is 23.4 Å². The van der Waals surface area contributed by atoms with Crippen LogP contribution in [0.25, 0.3) is 11.5 Å². The maximum Gasteiger partial charge on any atom is 0.250 e. The maximum atomic E-state index is 14.0. The maximum absolute atomic E-state index is 14.0. The molecule has 0 bridgehead atoms. The van der Waals surface area contributed by atoms with Crippen LogP contribution in [0.4, 0.5) is 4.39 Å². The van der Waals surface area contributed by atoms with Crippen molar-refractivity contribution in [1.82, 2.24) is 10.2 Å². The molecule has 4 rings (SSSR count). The number of benzene rings is 2. The molecular formula is C19H16ClFN2O2. The molecule has 0 N–H and O–H groups in total. The van der Waals surface area contributed by atoms with E-state index < -0.39 is 5.41 Å².